The van der Waals surface area contributed by atoms with Gasteiger partial charge >= 0.3 is 0 Å². The Balaban J connectivity index is 1.53. The molecule has 13 heteroatoms. The summed E-state index contributed by atoms with van der Waals surface area (Å²) in [6, 6.07) is 18.9. The number of aromatic nitrogens is 1. The fourth-order valence-corrected chi connectivity index (χ4v) is 6.07. The van der Waals surface area contributed by atoms with Gasteiger partial charge in [-0.1, -0.05) is 0 Å². The first-order valence-corrected chi connectivity index (χ1v) is 14.8. The first-order valence-electron chi connectivity index (χ1n) is 11.9. The van der Waals surface area contributed by atoms with Crippen LogP contribution in [-0.2, 0) is 24.8 Å². The summed E-state index contributed by atoms with van der Waals surface area (Å²) in [5.41, 5.74) is 0.603. The van der Waals surface area contributed by atoms with Gasteiger partial charge in [0.15, 0.2) is 0 Å². The molecule has 0 atom stereocenters. The summed E-state index contributed by atoms with van der Waals surface area (Å²) in [4.78, 5) is 16.7. The molecule has 3 aromatic carbocycles. The molecule has 0 unspecified atom stereocenters. The highest BCUT2D eigenvalue weighted by molar-refractivity contribution is 7.93. The van der Waals surface area contributed by atoms with Crippen LogP contribution in [0, 0.1) is 5.82 Å². The first kappa shape index (κ1) is 28.5. The maximum absolute atomic E-state index is 13.6. The van der Waals surface area contributed by atoms with E-state index in [1.54, 1.807) is 19.1 Å². The van der Waals surface area contributed by atoms with Crippen LogP contribution >= 0.6 is 0 Å². The van der Waals surface area contributed by atoms with E-state index in [0.717, 1.165) is 16.4 Å². The third-order valence-corrected chi connectivity index (χ3v) is 8.67. The number of carbonyl (C=O) groups is 1. The number of amides is 1. The number of nitrogens with one attached hydrogen (secondary N) is 2. The van der Waals surface area contributed by atoms with E-state index in [0.29, 0.717) is 12.4 Å². The van der Waals surface area contributed by atoms with Crippen molar-refractivity contribution in [3.63, 3.8) is 0 Å². The van der Waals surface area contributed by atoms with Crippen molar-refractivity contribution in [2.75, 3.05) is 27.5 Å². The summed E-state index contributed by atoms with van der Waals surface area (Å²) >= 11 is 0. The lowest BCUT2D eigenvalue weighted by Gasteiger charge is -2.24. The van der Waals surface area contributed by atoms with Crippen LogP contribution in [0.4, 0.5) is 21.5 Å². The van der Waals surface area contributed by atoms with E-state index in [1.807, 2.05) is 0 Å². The van der Waals surface area contributed by atoms with Crippen LogP contribution in [0.1, 0.15) is 6.92 Å². The summed E-state index contributed by atoms with van der Waals surface area (Å²) in [5.74, 6) is -0.795. The van der Waals surface area contributed by atoms with Gasteiger partial charge in [-0.15, -0.1) is 0 Å². The fraction of sp³-hybridized carbons (Fsp3) is 0.111. The lowest BCUT2D eigenvalue weighted by Crippen LogP contribution is -2.38. The second kappa shape index (κ2) is 12.1. The van der Waals surface area contributed by atoms with E-state index in [-0.39, 0.29) is 26.9 Å². The van der Waals surface area contributed by atoms with Crippen molar-refractivity contribution in [3.05, 3.63) is 103 Å². The van der Waals surface area contributed by atoms with E-state index >= 15 is 0 Å². The normalized spacial score (nSPS) is 11.4. The smallest absolute Gasteiger partial charge is 0.264 e. The Morgan fingerprint density at radius 1 is 0.875 bits per heavy atom. The molecular weight excluding hydrogens is 559 g/mol. The van der Waals surface area contributed by atoms with Crippen molar-refractivity contribution in [1.29, 1.82) is 0 Å². The molecule has 4 aromatic rings. The van der Waals surface area contributed by atoms with Crippen molar-refractivity contribution in [2.24, 2.45) is 0 Å². The molecule has 4 rings (SSSR count). The predicted octanol–water partition coefficient (Wildman–Crippen LogP) is 4.25. The summed E-state index contributed by atoms with van der Waals surface area (Å²) in [7, 11) is -8.14. The molecule has 0 fully saturated rings. The molecular formula is C27H25FN4O6S2. The summed E-state index contributed by atoms with van der Waals surface area (Å²) in [5, 5.41) is 2.57. The van der Waals surface area contributed by atoms with Gasteiger partial charge < -0.3 is 10.1 Å². The lowest BCUT2D eigenvalue weighted by molar-refractivity contribution is -0.114. The van der Waals surface area contributed by atoms with Gasteiger partial charge in [0.1, 0.15) is 18.1 Å². The number of sulfonamides is 2. The number of anilines is 3. The average Bonchev–Trinajstić information content (AvgIpc) is 2.93. The lowest BCUT2D eigenvalue weighted by atomic mass is 10.3. The maximum atomic E-state index is 13.6. The minimum Gasteiger partial charge on any atom is -0.494 e. The Kier molecular flexibility index (Phi) is 8.65. The number of benzene rings is 3. The average molecular weight is 585 g/mol. The Morgan fingerprint density at radius 3 is 2.12 bits per heavy atom. The molecule has 0 saturated carbocycles. The van der Waals surface area contributed by atoms with E-state index in [2.05, 4.69) is 15.0 Å². The number of hydrogen-bond donors (Lipinski definition) is 2. The highest BCUT2D eigenvalue weighted by Gasteiger charge is 2.27. The van der Waals surface area contributed by atoms with Crippen LogP contribution in [0.3, 0.4) is 0 Å². The molecule has 1 heterocycles. The Hall–Kier alpha value is -4.49. The minimum absolute atomic E-state index is 0.0552. The highest BCUT2D eigenvalue weighted by Crippen LogP contribution is 2.26. The zero-order valence-corrected chi connectivity index (χ0v) is 22.8. The van der Waals surface area contributed by atoms with Gasteiger partial charge in [-0.25, -0.2) is 21.2 Å². The molecule has 10 nitrogen and oxygen atoms in total. The molecule has 0 bridgehead atoms. The molecule has 0 saturated heterocycles. The Bertz CT molecular complexity index is 1670. The van der Waals surface area contributed by atoms with Crippen LogP contribution in [0.25, 0.3) is 0 Å². The molecule has 0 spiro atoms. The van der Waals surface area contributed by atoms with Gasteiger partial charge in [0.05, 0.1) is 34.0 Å². The standard InChI is InChI=1S/C27H25FN4O6S2/c1-2-38-24-11-15-26(16-12-24)40(36,37)32(23-9-5-20(28)6-10-23)19-27(33)30-21-7-13-25(14-8-21)39(34,35)31-22-4-3-17-29-18-22/h3-18,31H,2,19H2,1H3,(H,30,33). The second-order valence-corrected chi connectivity index (χ2v) is 11.9. The van der Waals surface area contributed by atoms with E-state index in [1.165, 1.54) is 73.1 Å². The maximum Gasteiger partial charge on any atom is 0.264 e. The van der Waals surface area contributed by atoms with Crippen molar-refractivity contribution >= 4 is 43.0 Å². The van der Waals surface area contributed by atoms with Gasteiger partial charge in [0.25, 0.3) is 20.0 Å². The number of nitrogens with zero attached hydrogens (tertiary/aromatic N) is 2. The van der Waals surface area contributed by atoms with E-state index in [9.17, 15) is 26.0 Å². The molecule has 0 aliphatic rings. The van der Waals surface area contributed by atoms with Gasteiger partial charge in [0.2, 0.25) is 5.91 Å². The van der Waals surface area contributed by atoms with Gasteiger partial charge in [-0.05, 0) is 91.9 Å². The zero-order valence-electron chi connectivity index (χ0n) is 21.2. The summed E-state index contributed by atoms with van der Waals surface area (Å²) in [6.45, 7) is 1.57. The Labute approximate surface area is 231 Å². The Morgan fingerprint density at radius 2 is 1.52 bits per heavy atom. The predicted molar refractivity (Wildman–Crippen MR) is 149 cm³/mol. The summed E-state index contributed by atoms with van der Waals surface area (Å²) in [6.07, 6.45) is 2.87. The molecule has 40 heavy (non-hydrogen) atoms. The van der Waals surface area contributed by atoms with Gasteiger partial charge in [-0.3, -0.25) is 18.8 Å². The molecule has 0 radical (unpaired) electrons. The SMILES string of the molecule is CCOc1ccc(S(=O)(=O)N(CC(=O)Nc2ccc(S(=O)(=O)Nc3cccnc3)cc2)c2ccc(F)cc2)cc1. The monoisotopic (exact) mass is 584 g/mol. The van der Waals surface area contributed by atoms with Crippen LogP contribution in [0.2, 0.25) is 0 Å². The van der Waals surface area contributed by atoms with Crippen molar-refractivity contribution < 1.29 is 30.8 Å². The molecule has 0 aliphatic heterocycles. The van der Waals surface area contributed by atoms with E-state index < -0.39 is 38.3 Å². The van der Waals surface area contributed by atoms with Crippen LogP contribution in [0.15, 0.2) is 107 Å². The summed E-state index contributed by atoms with van der Waals surface area (Å²) < 4.78 is 74.5. The van der Waals surface area contributed by atoms with Crippen LogP contribution in [-0.4, -0.2) is 40.9 Å². The zero-order chi connectivity index (χ0) is 28.8. The first-order chi connectivity index (χ1) is 19.1. The highest BCUT2D eigenvalue weighted by atomic mass is 32.2. The van der Waals surface area contributed by atoms with Crippen molar-refractivity contribution in [1.82, 2.24) is 4.98 Å². The quantitative estimate of drug-likeness (QED) is 0.269. The number of rotatable bonds is 11. The number of pyridine rings is 1. The number of halogens is 1. The molecule has 1 aromatic heterocycles. The molecule has 208 valence electrons. The number of ether oxygens (including phenoxy) is 1. The molecule has 0 aliphatic carbocycles. The van der Waals surface area contributed by atoms with Crippen LogP contribution in [0.5, 0.6) is 5.75 Å². The third kappa shape index (κ3) is 6.93. The fourth-order valence-electron chi connectivity index (χ4n) is 3.61. The van der Waals surface area contributed by atoms with Gasteiger partial charge in [-0.2, -0.15) is 0 Å². The van der Waals surface area contributed by atoms with Crippen molar-refractivity contribution in [2.45, 2.75) is 16.7 Å². The van der Waals surface area contributed by atoms with Gasteiger partial charge in [0, 0.05) is 11.9 Å². The third-order valence-electron chi connectivity index (χ3n) is 5.49. The second-order valence-electron chi connectivity index (χ2n) is 8.31. The topological polar surface area (TPSA) is 135 Å². The largest absolute Gasteiger partial charge is 0.494 e. The van der Waals surface area contributed by atoms with Crippen molar-refractivity contribution in [3.8, 4) is 5.75 Å². The number of carbonyl (C=O) groups excluding carboxylic acids is 1. The number of hydrogen-bond acceptors (Lipinski definition) is 7. The van der Waals surface area contributed by atoms with E-state index in [4.69, 9.17) is 4.74 Å². The molecule has 2 N–H and O–H groups in total. The minimum atomic E-state index is -4.24. The van der Waals surface area contributed by atoms with Crippen LogP contribution < -0.4 is 19.1 Å². The molecule has 1 amide bonds.